The minimum atomic E-state index is -0.618. The molecule has 8 heteroatoms. The van der Waals surface area contributed by atoms with Crippen LogP contribution in [0.25, 0.3) is 11.3 Å². The van der Waals surface area contributed by atoms with Gasteiger partial charge in [-0.05, 0) is 36.4 Å². The Morgan fingerprint density at radius 2 is 1.92 bits per heavy atom. The van der Waals surface area contributed by atoms with E-state index in [0.717, 1.165) is 10.2 Å². The number of anilines is 1. The predicted molar refractivity (Wildman–Crippen MR) is 98.4 cm³/mol. The molecule has 7 nitrogen and oxygen atoms in total. The van der Waals surface area contributed by atoms with Gasteiger partial charge in [-0.15, -0.1) is 0 Å². The Morgan fingerprint density at radius 1 is 1.19 bits per heavy atom. The van der Waals surface area contributed by atoms with Gasteiger partial charge in [0.05, 0.1) is 29.7 Å². The number of rotatable bonds is 5. The lowest BCUT2D eigenvalue weighted by Crippen LogP contribution is -2.31. The van der Waals surface area contributed by atoms with Gasteiger partial charge >= 0.3 is 5.69 Å². The highest BCUT2D eigenvalue weighted by Gasteiger charge is 2.10. The van der Waals surface area contributed by atoms with E-state index >= 15 is 0 Å². The molecule has 0 unspecified atom stereocenters. The molecular formula is C18H15ClN4O3. The average molecular weight is 371 g/mol. The lowest BCUT2D eigenvalue weighted by atomic mass is 10.1. The Kier molecular flexibility index (Phi) is 5.28. The van der Waals surface area contributed by atoms with Crippen LogP contribution in [0.3, 0.4) is 0 Å². The summed E-state index contributed by atoms with van der Waals surface area (Å²) in [6.07, 6.45) is 1.44. The van der Waals surface area contributed by atoms with Gasteiger partial charge in [-0.2, -0.15) is 10.1 Å². The van der Waals surface area contributed by atoms with Crippen LogP contribution < -0.4 is 15.7 Å². The van der Waals surface area contributed by atoms with E-state index in [-0.39, 0.29) is 6.54 Å². The zero-order valence-corrected chi connectivity index (χ0v) is 14.6. The first-order chi connectivity index (χ1) is 12.6. The van der Waals surface area contributed by atoms with Gasteiger partial charge in [-0.3, -0.25) is 4.79 Å². The molecular weight excluding hydrogens is 356 g/mol. The van der Waals surface area contributed by atoms with Crippen LogP contribution in [0.1, 0.15) is 0 Å². The van der Waals surface area contributed by atoms with Crippen LogP contribution in [0.2, 0.25) is 5.02 Å². The second-order valence-corrected chi connectivity index (χ2v) is 5.75. The molecule has 0 aliphatic carbocycles. The third kappa shape index (κ3) is 4.07. The smallest absolute Gasteiger partial charge is 0.365 e. The molecule has 1 aromatic heterocycles. The lowest BCUT2D eigenvalue weighted by molar-refractivity contribution is -0.117. The fourth-order valence-corrected chi connectivity index (χ4v) is 2.44. The van der Waals surface area contributed by atoms with E-state index in [2.05, 4.69) is 15.4 Å². The maximum atomic E-state index is 12.1. The predicted octanol–water partition coefficient (Wildman–Crippen LogP) is 2.61. The van der Waals surface area contributed by atoms with Gasteiger partial charge in [0.15, 0.2) is 0 Å². The summed E-state index contributed by atoms with van der Waals surface area (Å²) in [6.45, 7) is -0.264. The molecule has 0 atom stereocenters. The average Bonchev–Trinajstić information content (AvgIpc) is 2.65. The summed E-state index contributed by atoms with van der Waals surface area (Å²) in [6, 6.07) is 13.9. The van der Waals surface area contributed by atoms with Gasteiger partial charge in [0.2, 0.25) is 5.91 Å². The molecule has 0 spiro atoms. The Labute approximate surface area is 154 Å². The number of ether oxygens (including phenoxy) is 1. The number of nitrogens with zero attached hydrogens (tertiary/aromatic N) is 3. The van der Waals surface area contributed by atoms with Crippen molar-refractivity contribution in [3.63, 3.8) is 0 Å². The van der Waals surface area contributed by atoms with Crippen molar-refractivity contribution < 1.29 is 9.53 Å². The molecule has 26 heavy (non-hydrogen) atoms. The summed E-state index contributed by atoms with van der Waals surface area (Å²) >= 11 is 5.99. The summed E-state index contributed by atoms with van der Waals surface area (Å²) in [4.78, 5) is 28.2. The van der Waals surface area contributed by atoms with E-state index in [1.807, 2.05) is 0 Å². The van der Waals surface area contributed by atoms with Crippen LogP contribution in [-0.4, -0.2) is 27.8 Å². The summed E-state index contributed by atoms with van der Waals surface area (Å²) in [5, 5.41) is 7.06. The third-order valence-electron chi connectivity index (χ3n) is 3.58. The van der Waals surface area contributed by atoms with Crippen LogP contribution in [0.5, 0.6) is 5.75 Å². The van der Waals surface area contributed by atoms with Crippen molar-refractivity contribution in [2.24, 2.45) is 0 Å². The van der Waals surface area contributed by atoms with Crippen molar-refractivity contribution in [3.8, 4) is 17.0 Å². The first-order valence-electron chi connectivity index (χ1n) is 7.70. The van der Waals surface area contributed by atoms with E-state index in [1.54, 1.807) is 55.6 Å². The highest BCUT2D eigenvalue weighted by Crippen LogP contribution is 2.20. The van der Waals surface area contributed by atoms with E-state index in [0.29, 0.717) is 22.2 Å². The molecule has 3 rings (SSSR count). The first-order valence-corrected chi connectivity index (χ1v) is 8.07. The second-order valence-electron chi connectivity index (χ2n) is 5.34. The minimum absolute atomic E-state index is 0.264. The molecule has 1 amide bonds. The number of carbonyl (C=O) groups excluding carboxylic acids is 1. The molecule has 0 bridgehead atoms. The van der Waals surface area contributed by atoms with Gasteiger partial charge in [-0.1, -0.05) is 23.7 Å². The topological polar surface area (TPSA) is 86.1 Å². The zero-order valence-electron chi connectivity index (χ0n) is 13.8. The maximum absolute atomic E-state index is 12.1. The molecule has 0 radical (unpaired) electrons. The number of para-hydroxylation sites is 1. The Morgan fingerprint density at radius 3 is 2.58 bits per heavy atom. The number of benzene rings is 2. The van der Waals surface area contributed by atoms with Crippen LogP contribution in [0, 0.1) is 0 Å². The number of methoxy groups -OCH3 is 1. The molecule has 0 saturated carbocycles. The number of hydrogen-bond acceptors (Lipinski definition) is 5. The lowest BCUT2D eigenvalue weighted by Gasteiger charge is -2.08. The standard InChI is InChI=1S/C18H15ClN4O3/c1-26-13-8-6-12(7-9-13)16-10-20-23(18(25)22-16)11-17(24)21-15-5-3-2-4-14(15)19/h2-10H,11H2,1H3,(H,21,24). The van der Waals surface area contributed by atoms with Crippen LogP contribution in [0.15, 0.2) is 59.5 Å². The van der Waals surface area contributed by atoms with Gasteiger partial charge in [0.1, 0.15) is 12.3 Å². The fourth-order valence-electron chi connectivity index (χ4n) is 2.26. The monoisotopic (exact) mass is 370 g/mol. The first kappa shape index (κ1) is 17.6. The van der Waals surface area contributed by atoms with Crippen molar-refractivity contribution in [2.45, 2.75) is 6.54 Å². The summed E-state index contributed by atoms with van der Waals surface area (Å²) < 4.78 is 6.08. The molecule has 1 heterocycles. The molecule has 0 saturated heterocycles. The number of carbonyl (C=O) groups is 1. The number of aromatic nitrogens is 3. The maximum Gasteiger partial charge on any atom is 0.365 e. The third-order valence-corrected chi connectivity index (χ3v) is 3.91. The molecule has 1 N–H and O–H groups in total. The molecule has 3 aromatic rings. The highest BCUT2D eigenvalue weighted by molar-refractivity contribution is 6.33. The van der Waals surface area contributed by atoms with E-state index in [4.69, 9.17) is 16.3 Å². The molecule has 0 fully saturated rings. The van der Waals surface area contributed by atoms with E-state index in [1.165, 1.54) is 6.20 Å². The minimum Gasteiger partial charge on any atom is -0.497 e. The van der Waals surface area contributed by atoms with Crippen LogP contribution in [0.4, 0.5) is 5.69 Å². The molecule has 0 aliphatic rings. The van der Waals surface area contributed by atoms with Gasteiger partial charge in [0.25, 0.3) is 0 Å². The summed E-state index contributed by atoms with van der Waals surface area (Å²) in [5.74, 6) is 0.276. The fraction of sp³-hybridized carbons (Fsp3) is 0.111. The van der Waals surface area contributed by atoms with Crippen LogP contribution in [-0.2, 0) is 11.3 Å². The normalized spacial score (nSPS) is 10.4. The van der Waals surface area contributed by atoms with Gasteiger partial charge < -0.3 is 10.1 Å². The zero-order chi connectivity index (χ0) is 18.5. The summed E-state index contributed by atoms with van der Waals surface area (Å²) in [7, 11) is 1.57. The number of halogens is 1. The van der Waals surface area contributed by atoms with Crippen molar-refractivity contribution in [1.29, 1.82) is 0 Å². The van der Waals surface area contributed by atoms with Gasteiger partial charge in [-0.25, -0.2) is 9.48 Å². The van der Waals surface area contributed by atoms with Crippen molar-refractivity contribution in [1.82, 2.24) is 14.8 Å². The molecule has 132 valence electrons. The van der Waals surface area contributed by atoms with Crippen molar-refractivity contribution in [2.75, 3.05) is 12.4 Å². The number of amides is 1. The quantitative estimate of drug-likeness (QED) is 0.746. The SMILES string of the molecule is COc1ccc(-c2cnn(CC(=O)Nc3ccccc3Cl)c(=O)n2)cc1. The number of hydrogen-bond donors (Lipinski definition) is 1. The van der Waals surface area contributed by atoms with Crippen LogP contribution >= 0.6 is 11.6 Å². The highest BCUT2D eigenvalue weighted by atomic mass is 35.5. The molecule has 2 aromatic carbocycles. The molecule has 0 aliphatic heterocycles. The van der Waals surface area contributed by atoms with Crippen molar-refractivity contribution >= 4 is 23.2 Å². The Bertz CT molecular complexity index is 986. The van der Waals surface area contributed by atoms with Crippen molar-refractivity contribution in [3.05, 3.63) is 70.2 Å². The van der Waals surface area contributed by atoms with E-state index < -0.39 is 11.6 Å². The Hall–Kier alpha value is -3.19. The Balaban J connectivity index is 1.74. The van der Waals surface area contributed by atoms with Gasteiger partial charge in [0, 0.05) is 5.56 Å². The van der Waals surface area contributed by atoms with E-state index in [9.17, 15) is 9.59 Å². The number of nitrogens with one attached hydrogen (secondary N) is 1. The second kappa shape index (κ2) is 7.79. The summed E-state index contributed by atoms with van der Waals surface area (Å²) in [5.41, 5.74) is 0.992. The largest absolute Gasteiger partial charge is 0.497 e.